The Labute approximate surface area is 137 Å². The van der Waals surface area contributed by atoms with Gasteiger partial charge >= 0.3 is 0 Å². The molecule has 24 heavy (non-hydrogen) atoms. The maximum Gasteiger partial charge on any atom is 0.180 e. The summed E-state index contributed by atoms with van der Waals surface area (Å²) in [5.74, 6) is 0.840. The van der Waals surface area contributed by atoms with Gasteiger partial charge in [0.25, 0.3) is 0 Å². The maximum absolute atomic E-state index is 9.41. The van der Waals surface area contributed by atoms with Gasteiger partial charge in [-0.15, -0.1) is 0 Å². The van der Waals surface area contributed by atoms with Crippen LogP contribution < -0.4 is 14.7 Å². The van der Waals surface area contributed by atoms with Gasteiger partial charge in [0.15, 0.2) is 17.2 Å². The Balaban J connectivity index is 2.34. The smallest absolute Gasteiger partial charge is 0.180 e. The molecular formula is C18H16O6. The highest BCUT2D eigenvalue weighted by Gasteiger charge is 2.18. The van der Waals surface area contributed by atoms with Gasteiger partial charge in [0.2, 0.25) is 0 Å². The van der Waals surface area contributed by atoms with Crippen LogP contribution >= 0.6 is 0 Å². The van der Waals surface area contributed by atoms with Gasteiger partial charge in [0.1, 0.15) is 0 Å². The first-order chi connectivity index (χ1) is 11.6. The first kappa shape index (κ1) is 16.1. The van der Waals surface area contributed by atoms with Gasteiger partial charge in [-0.3, -0.25) is 0 Å². The van der Waals surface area contributed by atoms with E-state index in [0.717, 1.165) is 0 Å². The van der Waals surface area contributed by atoms with Crippen molar-refractivity contribution in [3.8, 4) is 28.4 Å². The quantitative estimate of drug-likeness (QED) is 0.476. The second-order valence-corrected chi connectivity index (χ2v) is 5.51. The van der Waals surface area contributed by atoms with Crippen molar-refractivity contribution in [3.63, 3.8) is 0 Å². The van der Waals surface area contributed by atoms with E-state index in [0.29, 0.717) is 38.8 Å². The molecule has 124 valence electrons. The Morgan fingerprint density at radius 1 is 0.708 bits per heavy atom. The van der Waals surface area contributed by atoms with Crippen molar-refractivity contribution in [1.29, 1.82) is 0 Å². The summed E-state index contributed by atoms with van der Waals surface area (Å²) in [6.07, 6.45) is 0. The van der Waals surface area contributed by atoms with Crippen LogP contribution in [0.5, 0.6) is 17.2 Å². The molecule has 6 nitrogen and oxygen atoms in total. The van der Waals surface area contributed by atoms with E-state index in [1.54, 1.807) is 56.3 Å². The van der Waals surface area contributed by atoms with E-state index in [2.05, 4.69) is 14.7 Å². The fourth-order valence-electron chi connectivity index (χ4n) is 2.95. The lowest BCUT2D eigenvalue weighted by atomic mass is 9.95. The summed E-state index contributed by atoms with van der Waals surface area (Å²) in [6.45, 7) is 3.57. The largest absolute Gasteiger partial charge is 0.340 e. The molecule has 0 saturated carbocycles. The van der Waals surface area contributed by atoms with E-state index >= 15 is 0 Å². The van der Waals surface area contributed by atoms with Crippen LogP contribution in [0.15, 0.2) is 42.5 Å². The SMILES string of the molecule is Cc1cc(-c2cc(OO)c3ccccc3c2OO)cc(C)c1OO. The molecule has 0 unspecified atom stereocenters. The topological polar surface area (TPSA) is 88.4 Å². The van der Waals surface area contributed by atoms with Crippen LogP contribution in [0.4, 0.5) is 0 Å². The molecular weight excluding hydrogens is 312 g/mol. The Kier molecular flexibility index (Phi) is 4.26. The van der Waals surface area contributed by atoms with E-state index in [1.807, 2.05) is 0 Å². The molecule has 0 aliphatic rings. The van der Waals surface area contributed by atoms with Crippen LogP contribution in [0, 0.1) is 13.8 Å². The summed E-state index contributed by atoms with van der Waals surface area (Å²) in [4.78, 5) is 13.5. The van der Waals surface area contributed by atoms with Crippen molar-refractivity contribution >= 4 is 10.8 Å². The highest BCUT2D eigenvalue weighted by molar-refractivity contribution is 5.99. The first-order valence-electron chi connectivity index (χ1n) is 7.22. The van der Waals surface area contributed by atoms with Crippen LogP contribution in [0.3, 0.4) is 0 Å². The van der Waals surface area contributed by atoms with E-state index in [-0.39, 0.29) is 11.5 Å². The number of fused-ring (bicyclic) bond motifs is 1. The molecule has 0 bridgehead atoms. The van der Waals surface area contributed by atoms with Crippen molar-refractivity contribution in [2.24, 2.45) is 0 Å². The lowest BCUT2D eigenvalue weighted by Crippen LogP contribution is -1.96. The molecule has 0 saturated heterocycles. The van der Waals surface area contributed by atoms with Crippen molar-refractivity contribution in [1.82, 2.24) is 0 Å². The van der Waals surface area contributed by atoms with Crippen LogP contribution in [0.1, 0.15) is 11.1 Å². The standard InChI is InChI=1S/C18H16O6/c1-10-7-12(8-11(2)17(10)23-20)15-9-16(22-19)13-5-3-4-6-14(13)18(15)24-21/h3-9,19-21H,1-2H3. The third-order valence-electron chi connectivity index (χ3n) is 4.01. The number of benzene rings is 3. The molecule has 6 heteroatoms. The van der Waals surface area contributed by atoms with Crippen molar-refractivity contribution in [3.05, 3.63) is 53.6 Å². The minimum absolute atomic E-state index is 0.235. The van der Waals surface area contributed by atoms with Gasteiger partial charge in [-0.2, -0.15) is 0 Å². The summed E-state index contributed by atoms with van der Waals surface area (Å²) in [6, 6.07) is 12.2. The third-order valence-corrected chi connectivity index (χ3v) is 4.01. The van der Waals surface area contributed by atoms with E-state index < -0.39 is 0 Å². The Morgan fingerprint density at radius 2 is 1.29 bits per heavy atom. The van der Waals surface area contributed by atoms with Gasteiger partial charge in [-0.25, -0.2) is 15.8 Å². The van der Waals surface area contributed by atoms with Crippen LogP contribution in [0.25, 0.3) is 21.9 Å². The van der Waals surface area contributed by atoms with E-state index in [1.165, 1.54) is 0 Å². The van der Waals surface area contributed by atoms with E-state index in [4.69, 9.17) is 5.26 Å². The second kappa shape index (κ2) is 6.37. The minimum Gasteiger partial charge on any atom is -0.340 e. The molecule has 0 fully saturated rings. The molecule has 0 atom stereocenters. The molecule has 0 amide bonds. The number of aryl methyl sites for hydroxylation is 2. The molecule has 3 aromatic carbocycles. The molecule has 3 aromatic rings. The molecule has 0 heterocycles. The molecule has 3 rings (SSSR count). The summed E-state index contributed by atoms with van der Waals surface area (Å²) in [7, 11) is 0. The Bertz CT molecular complexity index is 880. The summed E-state index contributed by atoms with van der Waals surface area (Å²) in [5.41, 5.74) is 2.64. The fraction of sp³-hybridized carbons (Fsp3) is 0.111. The maximum atomic E-state index is 9.41. The van der Waals surface area contributed by atoms with Gasteiger partial charge in [0.05, 0.1) is 0 Å². The normalized spacial score (nSPS) is 10.7. The summed E-state index contributed by atoms with van der Waals surface area (Å²) < 4.78 is 0. The number of hydrogen-bond acceptors (Lipinski definition) is 6. The zero-order valence-corrected chi connectivity index (χ0v) is 13.1. The average Bonchev–Trinajstić information content (AvgIpc) is 2.59. The lowest BCUT2D eigenvalue weighted by molar-refractivity contribution is -0.138. The van der Waals surface area contributed by atoms with Crippen LogP contribution in [-0.2, 0) is 0 Å². The highest BCUT2D eigenvalue weighted by atomic mass is 17.1. The number of rotatable bonds is 4. The van der Waals surface area contributed by atoms with Crippen molar-refractivity contribution < 1.29 is 30.4 Å². The van der Waals surface area contributed by atoms with E-state index in [9.17, 15) is 10.5 Å². The predicted octanol–water partition coefficient (Wildman–Crippen LogP) is 4.68. The van der Waals surface area contributed by atoms with Crippen LogP contribution in [-0.4, -0.2) is 15.8 Å². The molecule has 0 radical (unpaired) electrons. The highest BCUT2D eigenvalue weighted by Crippen LogP contribution is 2.43. The van der Waals surface area contributed by atoms with Gasteiger partial charge in [-0.1, -0.05) is 24.3 Å². The molecule has 0 aliphatic heterocycles. The van der Waals surface area contributed by atoms with Crippen molar-refractivity contribution in [2.75, 3.05) is 0 Å². The predicted molar refractivity (Wildman–Crippen MR) is 88.6 cm³/mol. The molecule has 0 spiro atoms. The van der Waals surface area contributed by atoms with Gasteiger partial charge in [-0.05, 0) is 48.7 Å². The molecule has 0 aliphatic carbocycles. The fourth-order valence-corrected chi connectivity index (χ4v) is 2.95. The zero-order valence-electron chi connectivity index (χ0n) is 13.1. The molecule has 3 N–H and O–H groups in total. The van der Waals surface area contributed by atoms with Gasteiger partial charge in [0, 0.05) is 16.3 Å². The summed E-state index contributed by atoms with van der Waals surface area (Å²) in [5, 5.41) is 28.8. The average molecular weight is 328 g/mol. The number of hydrogen-bond donors (Lipinski definition) is 3. The van der Waals surface area contributed by atoms with Crippen molar-refractivity contribution in [2.45, 2.75) is 13.8 Å². The second-order valence-electron chi connectivity index (χ2n) is 5.51. The Hall–Kier alpha value is -2.80. The third kappa shape index (κ3) is 2.52. The first-order valence-corrected chi connectivity index (χ1v) is 7.22. The molecule has 0 aromatic heterocycles. The van der Waals surface area contributed by atoms with Crippen LogP contribution in [0.2, 0.25) is 0 Å². The summed E-state index contributed by atoms with van der Waals surface area (Å²) >= 11 is 0. The Morgan fingerprint density at radius 3 is 1.83 bits per heavy atom. The minimum atomic E-state index is 0.235. The zero-order chi connectivity index (χ0) is 17.3. The van der Waals surface area contributed by atoms with Gasteiger partial charge < -0.3 is 14.7 Å². The lowest BCUT2D eigenvalue weighted by Gasteiger charge is -2.15. The monoisotopic (exact) mass is 328 g/mol.